The van der Waals surface area contributed by atoms with Gasteiger partial charge in [0, 0.05) is 16.1 Å². The second kappa shape index (κ2) is 6.76. The van der Waals surface area contributed by atoms with E-state index in [-0.39, 0.29) is 22.4 Å². The number of aromatic nitrogens is 1. The molecule has 1 aliphatic rings. The van der Waals surface area contributed by atoms with Gasteiger partial charge < -0.3 is 9.72 Å². The Hall–Kier alpha value is -1.34. The Kier molecular flexibility index (Phi) is 4.99. The van der Waals surface area contributed by atoms with Crippen LogP contribution in [-0.2, 0) is 14.6 Å². The molecule has 25 heavy (non-hydrogen) atoms. The predicted molar refractivity (Wildman–Crippen MR) is 102 cm³/mol. The first-order chi connectivity index (χ1) is 11.8. The SMILES string of the molecule is CCOC(=O)c1cc(Br)cc2c(C3CC(C)S(=O)(=O)C(C)C3)c[nH]c12. The smallest absolute Gasteiger partial charge is 0.340 e. The molecule has 0 radical (unpaired) electrons. The summed E-state index contributed by atoms with van der Waals surface area (Å²) >= 11 is 3.47. The van der Waals surface area contributed by atoms with Crippen molar-refractivity contribution in [3.05, 3.63) is 33.9 Å². The van der Waals surface area contributed by atoms with Crippen molar-refractivity contribution < 1.29 is 17.9 Å². The summed E-state index contributed by atoms with van der Waals surface area (Å²) in [6, 6.07) is 3.72. The van der Waals surface area contributed by atoms with E-state index in [0.717, 1.165) is 20.9 Å². The van der Waals surface area contributed by atoms with Gasteiger partial charge in [-0.25, -0.2) is 13.2 Å². The van der Waals surface area contributed by atoms with Gasteiger partial charge in [0.1, 0.15) is 0 Å². The number of sulfone groups is 1. The maximum Gasteiger partial charge on any atom is 0.340 e. The van der Waals surface area contributed by atoms with Crippen molar-refractivity contribution in [1.82, 2.24) is 4.98 Å². The molecule has 2 atom stereocenters. The lowest BCUT2D eigenvalue weighted by molar-refractivity contribution is 0.0528. The van der Waals surface area contributed by atoms with Crippen molar-refractivity contribution in [2.75, 3.05) is 6.61 Å². The average Bonchev–Trinajstić information content (AvgIpc) is 2.95. The largest absolute Gasteiger partial charge is 0.462 e. The number of benzene rings is 1. The third kappa shape index (κ3) is 3.24. The molecule has 1 aromatic heterocycles. The highest BCUT2D eigenvalue weighted by molar-refractivity contribution is 9.10. The molecule has 1 N–H and O–H groups in total. The quantitative estimate of drug-likeness (QED) is 0.745. The fourth-order valence-corrected chi connectivity index (χ4v) is 5.99. The van der Waals surface area contributed by atoms with Crippen LogP contribution in [-0.4, -0.2) is 36.5 Å². The molecule has 3 rings (SSSR count). The molecule has 1 aromatic carbocycles. The van der Waals surface area contributed by atoms with Gasteiger partial charge in [0.05, 0.1) is 28.2 Å². The van der Waals surface area contributed by atoms with Gasteiger partial charge in [-0.1, -0.05) is 15.9 Å². The number of esters is 1. The highest BCUT2D eigenvalue weighted by atomic mass is 79.9. The normalized spacial score (nSPS) is 25.8. The number of halogens is 1. The van der Waals surface area contributed by atoms with Crippen LogP contribution >= 0.6 is 15.9 Å². The zero-order chi connectivity index (χ0) is 18.4. The van der Waals surface area contributed by atoms with E-state index in [4.69, 9.17) is 4.74 Å². The molecular formula is C18H22BrNO4S. The molecule has 2 aromatic rings. The highest BCUT2D eigenvalue weighted by Gasteiger charge is 2.38. The summed E-state index contributed by atoms with van der Waals surface area (Å²) in [7, 11) is -3.05. The third-order valence-corrected chi connectivity index (χ3v) is 8.16. The Labute approximate surface area is 156 Å². The van der Waals surface area contributed by atoms with Crippen LogP contribution in [0.4, 0.5) is 0 Å². The molecule has 136 valence electrons. The van der Waals surface area contributed by atoms with Gasteiger partial charge in [-0.3, -0.25) is 0 Å². The maximum absolute atomic E-state index is 12.3. The van der Waals surface area contributed by atoms with E-state index in [1.165, 1.54) is 0 Å². The first-order valence-electron chi connectivity index (χ1n) is 8.46. The van der Waals surface area contributed by atoms with E-state index < -0.39 is 9.84 Å². The minimum absolute atomic E-state index is 0.145. The van der Waals surface area contributed by atoms with Crippen LogP contribution in [0.25, 0.3) is 10.9 Å². The van der Waals surface area contributed by atoms with Gasteiger partial charge in [-0.15, -0.1) is 0 Å². The number of carbonyl (C=O) groups excluding carboxylic acids is 1. The number of rotatable bonds is 3. The molecular weight excluding hydrogens is 406 g/mol. The minimum atomic E-state index is -3.05. The average molecular weight is 428 g/mol. The zero-order valence-corrected chi connectivity index (χ0v) is 16.9. The summed E-state index contributed by atoms with van der Waals surface area (Å²) in [4.78, 5) is 15.4. The van der Waals surface area contributed by atoms with Crippen LogP contribution in [0.2, 0.25) is 0 Å². The highest BCUT2D eigenvalue weighted by Crippen LogP contribution is 2.40. The monoisotopic (exact) mass is 427 g/mol. The number of nitrogens with one attached hydrogen (secondary N) is 1. The summed E-state index contributed by atoms with van der Waals surface area (Å²) in [6.45, 7) is 5.66. The number of hydrogen-bond acceptors (Lipinski definition) is 4. The van der Waals surface area contributed by atoms with E-state index in [0.29, 0.717) is 25.0 Å². The van der Waals surface area contributed by atoms with Crippen LogP contribution in [0.5, 0.6) is 0 Å². The zero-order valence-electron chi connectivity index (χ0n) is 14.5. The maximum atomic E-state index is 12.3. The Morgan fingerprint density at radius 1 is 1.28 bits per heavy atom. The molecule has 0 amide bonds. The molecule has 0 spiro atoms. The molecule has 0 aliphatic carbocycles. The van der Waals surface area contributed by atoms with Crippen LogP contribution in [0, 0.1) is 0 Å². The van der Waals surface area contributed by atoms with Gasteiger partial charge in [-0.2, -0.15) is 0 Å². The number of ether oxygens (including phenoxy) is 1. The summed E-state index contributed by atoms with van der Waals surface area (Å²) < 4.78 is 30.5. The summed E-state index contributed by atoms with van der Waals surface area (Å²) in [5, 5.41) is 0.229. The lowest BCUT2D eigenvalue weighted by Crippen LogP contribution is -2.36. The van der Waals surface area contributed by atoms with Gasteiger partial charge >= 0.3 is 5.97 Å². The number of hydrogen-bond donors (Lipinski definition) is 1. The van der Waals surface area contributed by atoms with Crippen molar-refractivity contribution in [3.63, 3.8) is 0 Å². The van der Waals surface area contributed by atoms with Crippen molar-refractivity contribution in [2.45, 2.75) is 50.0 Å². The second-order valence-electron chi connectivity index (χ2n) is 6.72. The molecule has 1 fully saturated rings. The molecule has 7 heteroatoms. The fourth-order valence-electron chi connectivity index (χ4n) is 3.74. The van der Waals surface area contributed by atoms with Crippen molar-refractivity contribution in [3.8, 4) is 0 Å². The van der Waals surface area contributed by atoms with E-state index in [1.807, 2.05) is 12.3 Å². The minimum Gasteiger partial charge on any atom is -0.462 e. The number of carbonyl (C=O) groups is 1. The van der Waals surface area contributed by atoms with E-state index in [9.17, 15) is 13.2 Å². The Balaban J connectivity index is 2.06. The van der Waals surface area contributed by atoms with E-state index >= 15 is 0 Å². The van der Waals surface area contributed by atoms with Crippen molar-refractivity contribution >= 4 is 42.6 Å². The molecule has 5 nitrogen and oxygen atoms in total. The Morgan fingerprint density at radius 3 is 2.52 bits per heavy atom. The topological polar surface area (TPSA) is 76.2 Å². The molecule has 2 unspecified atom stereocenters. The van der Waals surface area contributed by atoms with E-state index in [1.54, 1.807) is 26.8 Å². The van der Waals surface area contributed by atoms with Crippen molar-refractivity contribution in [2.24, 2.45) is 0 Å². The van der Waals surface area contributed by atoms with Gasteiger partial charge in [-0.05, 0) is 57.2 Å². The summed E-state index contributed by atoms with van der Waals surface area (Å²) in [6.07, 6.45) is 3.10. The Morgan fingerprint density at radius 2 is 1.92 bits per heavy atom. The second-order valence-corrected chi connectivity index (χ2v) is 10.4. The number of fused-ring (bicyclic) bond motifs is 1. The van der Waals surface area contributed by atoms with Crippen LogP contribution in [0.15, 0.2) is 22.8 Å². The molecule has 1 aliphatic heterocycles. The molecule has 1 saturated heterocycles. The van der Waals surface area contributed by atoms with Gasteiger partial charge in [0.25, 0.3) is 0 Å². The van der Waals surface area contributed by atoms with Crippen LogP contribution < -0.4 is 0 Å². The van der Waals surface area contributed by atoms with Crippen molar-refractivity contribution in [1.29, 1.82) is 0 Å². The summed E-state index contributed by atoms with van der Waals surface area (Å²) in [5.74, 6) is -0.221. The number of aromatic amines is 1. The third-order valence-electron chi connectivity index (χ3n) is 5.08. The Bertz CT molecular complexity index is 901. The van der Waals surface area contributed by atoms with Crippen LogP contribution in [0.1, 0.15) is 55.5 Å². The predicted octanol–water partition coefficient (Wildman–Crippen LogP) is 4.18. The number of H-pyrrole nitrogens is 1. The van der Waals surface area contributed by atoms with E-state index in [2.05, 4.69) is 20.9 Å². The fraction of sp³-hybridized carbons (Fsp3) is 0.500. The van der Waals surface area contributed by atoms with Gasteiger partial charge in [0.15, 0.2) is 9.84 Å². The first-order valence-corrected chi connectivity index (χ1v) is 10.9. The standard InChI is InChI=1S/C18H22BrNO4S/c1-4-24-18(21)15-8-13(19)7-14-16(9-20-17(14)15)12-5-10(2)25(22,23)11(3)6-12/h7-12,20H,4-6H2,1-3H3. The molecule has 0 bridgehead atoms. The van der Waals surface area contributed by atoms with Crippen LogP contribution in [0.3, 0.4) is 0 Å². The summed E-state index contributed by atoms with van der Waals surface area (Å²) in [5.41, 5.74) is 2.29. The first kappa shape index (κ1) is 18.5. The lowest BCUT2D eigenvalue weighted by Gasteiger charge is -2.31. The van der Waals surface area contributed by atoms with Gasteiger partial charge in [0.2, 0.25) is 0 Å². The molecule has 0 saturated carbocycles. The lowest BCUT2D eigenvalue weighted by atomic mass is 9.89. The molecule has 2 heterocycles.